The zero-order chi connectivity index (χ0) is 20.3. The number of sulfonamides is 1. The van der Waals surface area contributed by atoms with E-state index in [2.05, 4.69) is 9.71 Å². The summed E-state index contributed by atoms with van der Waals surface area (Å²) in [7, 11) is -3.72. The van der Waals surface area contributed by atoms with Gasteiger partial charge >= 0.3 is 6.03 Å². The lowest BCUT2D eigenvalue weighted by Crippen LogP contribution is -2.45. The number of hydrogen-bond donors (Lipinski definition) is 1. The number of urea groups is 1. The van der Waals surface area contributed by atoms with Gasteiger partial charge < -0.3 is 15.1 Å². The van der Waals surface area contributed by atoms with Gasteiger partial charge in [-0.2, -0.15) is 8.42 Å². The summed E-state index contributed by atoms with van der Waals surface area (Å²) in [6.45, 7) is 8.24. The molecule has 1 fully saturated rings. The van der Waals surface area contributed by atoms with E-state index in [1.165, 1.54) is 0 Å². The maximum Gasteiger partial charge on any atom is 0.317 e. The van der Waals surface area contributed by atoms with E-state index < -0.39 is 10.0 Å². The van der Waals surface area contributed by atoms with Crippen LogP contribution >= 0.6 is 0 Å². The van der Waals surface area contributed by atoms with Crippen LogP contribution in [0.15, 0.2) is 40.3 Å². The average Bonchev–Trinajstić information content (AvgIpc) is 2.83. The SMILES string of the molecule is CCC(C)NC(=O)N1CCCN(C2=NS(=O)(=O)C(c3ccccc3)=C2C)CC1. The van der Waals surface area contributed by atoms with Crippen LogP contribution in [0.5, 0.6) is 0 Å². The Balaban J connectivity index is 1.77. The summed E-state index contributed by atoms with van der Waals surface area (Å²) in [6.07, 6.45) is 1.65. The number of carbonyl (C=O) groups excluding carboxylic acids is 1. The fraction of sp³-hybridized carbons (Fsp3) is 0.500. The molecule has 3 rings (SSSR count). The zero-order valence-electron chi connectivity index (χ0n) is 16.7. The number of benzene rings is 1. The van der Waals surface area contributed by atoms with E-state index in [0.717, 1.165) is 12.8 Å². The molecule has 152 valence electrons. The minimum atomic E-state index is -3.72. The lowest BCUT2D eigenvalue weighted by molar-refractivity contribution is 0.196. The Kier molecular flexibility index (Phi) is 6.07. The van der Waals surface area contributed by atoms with Crippen molar-refractivity contribution in [1.82, 2.24) is 15.1 Å². The highest BCUT2D eigenvalue weighted by Crippen LogP contribution is 2.33. The van der Waals surface area contributed by atoms with Gasteiger partial charge in [-0.05, 0) is 32.3 Å². The summed E-state index contributed by atoms with van der Waals surface area (Å²) in [5.41, 5.74) is 1.33. The van der Waals surface area contributed by atoms with Crippen molar-refractivity contribution < 1.29 is 13.2 Å². The molecule has 2 aliphatic rings. The third-order valence-electron chi connectivity index (χ3n) is 5.24. The van der Waals surface area contributed by atoms with E-state index in [1.54, 1.807) is 17.0 Å². The van der Waals surface area contributed by atoms with E-state index in [9.17, 15) is 13.2 Å². The van der Waals surface area contributed by atoms with Gasteiger partial charge in [0.15, 0.2) is 0 Å². The largest absolute Gasteiger partial charge is 0.354 e. The number of amides is 2. The molecular weight excluding hydrogens is 376 g/mol. The molecule has 8 heteroatoms. The number of nitrogens with one attached hydrogen (secondary N) is 1. The molecule has 0 radical (unpaired) electrons. The standard InChI is InChI=1S/C20H28N4O3S/c1-4-15(2)21-20(25)24-12-8-11-23(13-14-24)19-16(3)18(28(26,27)22-19)17-9-6-5-7-10-17/h5-7,9-10,15H,4,8,11-14H2,1-3H3,(H,21,25). The van der Waals surface area contributed by atoms with Crippen molar-refractivity contribution in [1.29, 1.82) is 0 Å². The maximum absolute atomic E-state index is 12.7. The van der Waals surface area contributed by atoms with E-state index in [1.807, 2.05) is 43.9 Å². The summed E-state index contributed by atoms with van der Waals surface area (Å²) in [4.78, 5) is 16.5. The van der Waals surface area contributed by atoms with Gasteiger partial charge in [0.1, 0.15) is 10.7 Å². The molecule has 2 amide bonds. The van der Waals surface area contributed by atoms with Gasteiger partial charge in [-0.1, -0.05) is 37.3 Å². The molecule has 1 aromatic carbocycles. The summed E-state index contributed by atoms with van der Waals surface area (Å²) in [5.74, 6) is 0.503. The van der Waals surface area contributed by atoms with Crippen LogP contribution in [-0.2, 0) is 10.0 Å². The first-order valence-electron chi connectivity index (χ1n) is 9.75. The molecule has 1 N–H and O–H groups in total. The molecule has 0 aromatic heterocycles. The molecule has 0 saturated carbocycles. The molecular formula is C20H28N4O3S. The first-order chi connectivity index (χ1) is 13.3. The van der Waals surface area contributed by atoms with Gasteiger partial charge in [0.2, 0.25) is 0 Å². The number of rotatable bonds is 3. The van der Waals surface area contributed by atoms with E-state index >= 15 is 0 Å². The third-order valence-corrected chi connectivity index (χ3v) is 6.71. The van der Waals surface area contributed by atoms with Crippen LogP contribution in [0.3, 0.4) is 0 Å². The second kappa shape index (κ2) is 8.34. The van der Waals surface area contributed by atoms with Crippen molar-refractivity contribution in [3.05, 3.63) is 41.5 Å². The number of amidine groups is 1. The van der Waals surface area contributed by atoms with Gasteiger partial charge in [-0.3, -0.25) is 0 Å². The Hall–Kier alpha value is -2.35. The maximum atomic E-state index is 12.7. The molecule has 2 aliphatic heterocycles. The minimum absolute atomic E-state index is 0.0607. The fourth-order valence-corrected chi connectivity index (χ4v) is 4.99. The summed E-state index contributed by atoms with van der Waals surface area (Å²) < 4.78 is 29.5. The van der Waals surface area contributed by atoms with Crippen molar-refractivity contribution in [2.45, 2.75) is 39.7 Å². The van der Waals surface area contributed by atoms with Crippen molar-refractivity contribution >= 4 is 26.8 Å². The smallest absolute Gasteiger partial charge is 0.317 e. The molecule has 28 heavy (non-hydrogen) atoms. The highest BCUT2D eigenvalue weighted by atomic mass is 32.2. The number of nitrogens with zero attached hydrogens (tertiary/aromatic N) is 3. The van der Waals surface area contributed by atoms with Gasteiger partial charge in [0, 0.05) is 37.8 Å². The Morgan fingerprint density at radius 1 is 1.18 bits per heavy atom. The molecule has 1 saturated heterocycles. The van der Waals surface area contributed by atoms with Crippen LogP contribution in [0.4, 0.5) is 4.79 Å². The molecule has 2 heterocycles. The van der Waals surface area contributed by atoms with Crippen LogP contribution in [-0.4, -0.2) is 62.3 Å². The molecule has 1 aromatic rings. The molecule has 1 atom stereocenters. The van der Waals surface area contributed by atoms with Crippen molar-refractivity contribution in [2.75, 3.05) is 26.2 Å². The Morgan fingerprint density at radius 2 is 1.89 bits per heavy atom. The van der Waals surface area contributed by atoms with E-state index in [0.29, 0.717) is 43.2 Å². The molecule has 0 bridgehead atoms. The average molecular weight is 405 g/mol. The first-order valence-corrected chi connectivity index (χ1v) is 11.2. The quantitative estimate of drug-likeness (QED) is 0.840. The summed E-state index contributed by atoms with van der Waals surface area (Å²) in [5, 5.41) is 2.99. The second-order valence-corrected chi connectivity index (χ2v) is 8.84. The van der Waals surface area contributed by atoms with Crippen molar-refractivity contribution in [3.8, 4) is 0 Å². The topological polar surface area (TPSA) is 82.1 Å². The predicted octanol–water partition coefficient (Wildman–Crippen LogP) is 2.68. The lowest BCUT2D eigenvalue weighted by atomic mass is 10.1. The summed E-state index contributed by atoms with van der Waals surface area (Å²) >= 11 is 0. The van der Waals surface area contributed by atoms with Crippen LogP contribution in [0, 0.1) is 0 Å². The third kappa shape index (κ3) is 4.22. The lowest BCUT2D eigenvalue weighted by Gasteiger charge is -2.25. The van der Waals surface area contributed by atoms with Gasteiger partial charge in [0.05, 0.1) is 0 Å². The molecule has 0 spiro atoms. The van der Waals surface area contributed by atoms with E-state index in [4.69, 9.17) is 0 Å². The zero-order valence-corrected chi connectivity index (χ0v) is 17.5. The highest BCUT2D eigenvalue weighted by molar-refractivity contribution is 8.00. The number of carbonyl (C=O) groups is 1. The van der Waals surface area contributed by atoms with Crippen LogP contribution in [0.1, 0.15) is 39.2 Å². The number of hydrogen-bond acceptors (Lipinski definition) is 4. The van der Waals surface area contributed by atoms with Crippen LogP contribution in [0.25, 0.3) is 4.91 Å². The summed E-state index contributed by atoms with van der Waals surface area (Å²) in [6, 6.07) is 9.16. The Labute approximate surface area is 167 Å². The Morgan fingerprint density at radius 3 is 2.57 bits per heavy atom. The second-order valence-electron chi connectivity index (χ2n) is 7.30. The van der Waals surface area contributed by atoms with Crippen LogP contribution < -0.4 is 5.32 Å². The first kappa shape index (κ1) is 20.4. The van der Waals surface area contributed by atoms with Crippen molar-refractivity contribution in [3.63, 3.8) is 0 Å². The van der Waals surface area contributed by atoms with Crippen molar-refractivity contribution in [2.24, 2.45) is 4.40 Å². The minimum Gasteiger partial charge on any atom is -0.354 e. The molecule has 0 aliphatic carbocycles. The van der Waals surface area contributed by atoms with E-state index in [-0.39, 0.29) is 17.0 Å². The Bertz CT molecular complexity index is 893. The highest BCUT2D eigenvalue weighted by Gasteiger charge is 2.34. The van der Waals surface area contributed by atoms with Gasteiger partial charge in [-0.25, -0.2) is 4.79 Å². The monoisotopic (exact) mass is 404 g/mol. The van der Waals surface area contributed by atoms with Crippen LogP contribution in [0.2, 0.25) is 0 Å². The fourth-order valence-electron chi connectivity index (χ4n) is 3.51. The predicted molar refractivity (Wildman–Crippen MR) is 111 cm³/mol. The van der Waals surface area contributed by atoms with Gasteiger partial charge in [0.25, 0.3) is 10.0 Å². The van der Waals surface area contributed by atoms with Gasteiger partial charge in [-0.15, -0.1) is 4.40 Å². The molecule has 1 unspecified atom stereocenters. The normalized spacial score (nSPS) is 20.6. The molecule has 7 nitrogen and oxygen atoms in total.